The van der Waals surface area contributed by atoms with Gasteiger partial charge in [0.25, 0.3) is 0 Å². The Morgan fingerprint density at radius 2 is 2.42 bits per heavy atom. The molecule has 0 aliphatic carbocycles. The van der Waals surface area contributed by atoms with Crippen molar-refractivity contribution in [2.45, 2.75) is 0 Å². The zero-order chi connectivity index (χ0) is 9.14. The molecule has 1 aromatic heterocycles. The minimum atomic E-state index is -0.517. The second kappa shape index (κ2) is 3.64. The zero-order valence-corrected chi connectivity index (χ0v) is 7.61. The molecule has 0 bridgehead atoms. The van der Waals surface area contributed by atoms with Crippen molar-refractivity contribution >= 4 is 34.6 Å². The first-order valence-electron chi connectivity index (χ1n) is 2.90. The number of nitrogens with zero attached hydrogens (tertiary/aromatic N) is 1. The van der Waals surface area contributed by atoms with Crippen LogP contribution in [0.15, 0.2) is 11.2 Å². The van der Waals surface area contributed by atoms with Gasteiger partial charge in [-0.2, -0.15) is 0 Å². The number of halogens is 1. The van der Waals surface area contributed by atoms with Crippen LogP contribution >= 0.6 is 22.9 Å². The summed E-state index contributed by atoms with van der Waals surface area (Å²) in [7, 11) is 1.25. The lowest BCUT2D eigenvalue weighted by atomic mass is 10.4. The summed E-state index contributed by atoms with van der Waals surface area (Å²) in [5.41, 5.74) is 0.0714. The van der Waals surface area contributed by atoms with Crippen molar-refractivity contribution in [3.05, 3.63) is 20.2 Å². The van der Waals surface area contributed by atoms with Gasteiger partial charge in [-0.3, -0.25) is 0 Å². The van der Waals surface area contributed by atoms with E-state index >= 15 is 0 Å². The fourth-order valence-corrected chi connectivity index (χ4v) is 1.69. The summed E-state index contributed by atoms with van der Waals surface area (Å²) in [5.74, 6) is -0.517. The van der Waals surface area contributed by atoms with Crippen LogP contribution in [0.4, 0.5) is 5.69 Å². The lowest BCUT2D eigenvalue weighted by molar-refractivity contribution is 0.0606. The molecule has 0 atom stereocenters. The Morgan fingerprint density at radius 1 is 1.75 bits per heavy atom. The molecule has 0 saturated heterocycles. The quantitative estimate of drug-likeness (QED) is 0.551. The molecule has 12 heavy (non-hydrogen) atoms. The molecule has 6 heteroatoms. The van der Waals surface area contributed by atoms with Crippen LogP contribution < -0.4 is 0 Å². The van der Waals surface area contributed by atoms with Gasteiger partial charge in [-0.25, -0.2) is 4.79 Å². The largest absolute Gasteiger partial charge is 0.465 e. The van der Waals surface area contributed by atoms with Gasteiger partial charge in [0.2, 0.25) is 0 Å². The number of rotatable bonds is 2. The Balaban J connectivity index is 3.04. The molecule has 0 amide bonds. The van der Waals surface area contributed by atoms with Gasteiger partial charge < -0.3 is 4.74 Å². The summed E-state index contributed by atoms with van der Waals surface area (Å²) < 4.78 is 4.62. The van der Waals surface area contributed by atoms with Gasteiger partial charge in [0.05, 0.1) is 7.11 Å². The minimum absolute atomic E-state index is 0.0714. The summed E-state index contributed by atoms with van der Waals surface area (Å²) in [6, 6.07) is 1.30. The Morgan fingerprint density at radius 3 is 2.83 bits per heavy atom. The summed E-state index contributed by atoms with van der Waals surface area (Å²) in [6.07, 6.45) is 0. The third-order valence-electron chi connectivity index (χ3n) is 1.15. The van der Waals surface area contributed by atoms with Crippen LogP contribution in [0.5, 0.6) is 0 Å². The summed E-state index contributed by atoms with van der Waals surface area (Å²) >= 11 is 6.53. The van der Waals surface area contributed by atoms with Crippen LogP contribution in [-0.2, 0) is 4.74 Å². The first-order chi connectivity index (χ1) is 5.69. The maximum atomic E-state index is 10.9. The summed E-state index contributed by atoms with van der Waals surface area (Å²) in [6.45, 7) is 0. The molecule has 0 aliphatic rings. The van der Waals surface area contributed by atoms with E-state index in [2.05, 4.69) is 9.91 Å². The predicted molar refractivity (Wildman–Crippen MR) is 46.1 cm³/mol. The normalized spacial score (nSPS) is 9.50. The molecule has 0 radical (unpaired) electrons. The van der Waals surface area contributed by atoms with E-state index in [0.29, 0.717) is 0 Å². The van der Waals surface area contributed by atoms with Crippen LogP contribution in [-0.4, -0.2) is 13.1 Å². The van der Waals surface area contributed by atoms with Crippen molar-refractivity contribution in [1.29, 1.82) is 0 Å². The van der Waals surface area contributed by atoms with Crippen LogP contribution in [0.25, 0.3) is 0 Å². The average molecular weight is 206 g/mol. The molecule has 1 rings (SSSR count). The van der Waals surface area contributed by atoms with Crippen LogP contribution in [0.1, 0.15) is 9.67 Å². The number of ether oxygens (including phenoxy) is 1. The maximum absolute atomic E-state index is 10.9. The minimum Gasteiger partial charge on any atom is -0.465 e. The lowest BCUT2D eigenvalue weighted by Crippen LogP contribution is -1.96. The van der Waals surface area contributed by atoms with E-state index in [4.69, 9.17) is 11.6 Å². The molecular weight excluding hydrogens is 202 g/mol. The van der Waals surface area contributed by atoms with Crippen molar-refractivity contribution in [1.82, 2.24) is 0 Å². The third-order valence-corrected chi connectivity index (χ3v) is 2.47. The second-order valence-corrected chi connectivity index (χ2v) is 3.51. The molecule has 0 unspecified atom stereocenters. The molecular formula is C6H4ClNO3S. The topological polar surface area (TPSA) is 55.7 Å². The molecule has 0 aliphatic heterocycles. The fourth-order valence-electron chi connectivity index (χ4n) is 0.623. The fraction of sp³-hybridized carbons (Fsp3) is 0.167. The van der Waals surface area contributed by atoms with Crippen molar-refractivity contribution < 1.29 is 9.53 Å². The van der Waals surface area contributed by atoms with Crippen molar-refractivity contribution in [3.8, 4) is 0 Å². The molecule has 0 spiro atoms. The third kappa shape index (κ3) is 1.62. The highest BCUT2D eigenvalue weighted by Gasteiger charge is 2.13. The first-order valence-corrected chi connectivity index (χ1v) is 4.09. The zero-order valence-electron chi connectivity index (χ0n) is 6.04. The van der Waals surface area contributed by atoms with E-state index in [9.17, 15) is 9.70 Å². The van der Waals surface area contributed by atoms with E-state index in [1.165, 1.54) is 13.2 Å². The monoisotopic (exact) mass is 205 g/mol. The summed E-state index contributed by atoms with van der Waals surface area (Å²) in [5, 5.41) is 2.63. The number of carbonyl (C=O) groups excluding carboxylic acids is 1. The van der Waals surface area contributed by atoms with Gasteiger partial charge in [0.15, 0.2) is 0 Å². The lowest BCUT2D eigenvalue weighted by Gasteiger charge is -1.90. The Bertz CT molecular complexity index is 323. The SMILES string of the molecule is COC(=O)c1cc(N=O)c(Cl)s1. The van der Waals surface area contributed by atoms with Gasteiger partial charge in [-0.15, -0.1) is 16.2 Å². The smallest absolute Gasteiger partial charge is 0.348 e. The molecule has 0 saturated carbocycles. The van der Waals surface area contributed by atoms with Crippen molar-refractivity contribution in [2.75, 3.05) is 7.11 Å². The van der Waals surface area contributed by atoms with E-state index in [1.807, 2.05) is 0 Å². The highest BCUT2D eigenvalue weighted by atomic mass is 35.5. The number of hydrogen-bond acceptors (Lipinski definition) is 5. The van der Waals surface area contributed by atoms with Crippen molar-refractivity contribution in [2.24, 2.45) is 5.18 Å². The maximum Gasteiger partial charge on any atom is 0.348 e. The van der Waals surface area contributed by atoms with E-state index < -0.39 is 5.97 Å². The Hall–Kier alpha value is -0.940. The Labute approximate surface area is 77.1 Å². The molecule has 0 aromatic carbocycles. The van der Waals surface area contributed by atoms with Gasteiger partial charge >= 0.3 is 5.97 Å². The molecule has 1 aromatic rings. The van der Waals surface area contributed by atoms with Crippen molar-refractivity contribution in [3.63, 3.8) is 0 Å². The van der Waals surface area contributed by atoms with Gasteiger partial charge in [-0.1, -0.05) is 11.6 Å². The van der Waals surface area contributed by atoms with Gasteiger partial charge in [0.1, 0.15) is 14.9 Å². The molecule has 1 heterocycles. The highest BCUT2D eigenvalue weighted by Crippen LogP contribution is 2.34. The highest BCUT2D eigenvalue weighted by molar-refractivity contribution is 7.18. The molecule has 64 valence electrons. The summed E-state index contributed by atoms with van der Waals surface area (Å²) in [4.78, 5) is 21.2. The number of carbonyl (C=O) groups is 1. The number of esters is 1. The standard InChI is InChI=1S/C6H4ClNO3S/c1-11-6(9)4-2-3(8-10)5(7)12-4/h2H,1H3. The molecule has 4 nitrogen and oxygen atoms in total. The number of thiophene rings is 1. The van der Waals surface area contributed by atoms with Crippen LogP contribution in [0.2, 0.25) is 4.34 Å². The Kier molecular flexibility index (Phi) is 2.78. The van der Waals surface area contributed by atoms with Gasteiger partial charge in [-0.05, 0) is 11.2 Å². The predicted octanol–water partition coefficient (Wildman–Crippen LogP) is 2.59. The van der Waals surface area contributed by atoms with Crippen LogP contribution in [0, 0.1) is 4.91 Å². The number of methoxy groups -OCH3 is 1. The first kappa shape index (κ1) is 9.15. The van der Waals surface area contributed by atoms with E-state index in [1.54, 1.807) is 0 Å². The number of hydrogen-bond donors (Lipinski definition) is 0. The van der Waals surface area contributed by atoms with E-state index in [0.717, 1.165) is 11.3 Å². The van der Waals surface area contributed by atoms with Gasteiger partial charge in [0, 0.05) is 0 Å². The number of nitroso groups, excluding NO2 is 1. The average Bonchev–Trinajstić information content (AvgIpc) is 2.45. The molecule has 0 N–H and O–H groups in total. The van der Waals surface area contributed by atoms with Crippen LogP contribution in [0.3, 0.4) is 0 Å². The second-order valence-electron chi connectivity index (χ2n) is 1.85. The van der Waals surface area contributed by atoms with E-state index in [-0.39, 0.29) is 14.9 Å². The molecule has 0 fully saturated rings.